The fourth-order valence-corrected chi connectivity index (χ4v) is 2.10. The van der Waals surface area contributed by atoms with E-state index in [9.17, 15) is 0 Å². The van der Waals surface area contributed by atoms with E-state index in [1.165, 1.54) is 18.4 Å². The van der Waals surface area contributed by atoms with E-state index in [-0.39, 0.29) is 0 Å². The van der Waals surface area contributed by atoms with E-state index in [4.69, 9.17) is 0 Å². The van der Waals surface area contributed by atoms with Crippen molar-refractivity contribution in [2.45, 2.75) is 18.8 Å². The van der Waals surface area contributed by atoms with Crippen molar-refractivity contribution in [3.63, 3.8) is 0 Å². The standard InChI is InChI=1S/C12H13Br/c1-2-3-10-8-12(10)9-4-6-11(13)7-5-9/h2,4-7,10,12H,1,3,8H2. The van der Waals surface area contributed by atoms with Crippen LogP contribution in [0, 0.1) is 5.92 Å². The molecule has 1 aromatic rings. The second-order valence-electron chi connectivity index (χ2n) is 3.68. The molecule has 1 heteroatoms. The van der Waals surface area contributed by atoms with E-state index < -0.39 is 0 Å². The van der Waals surface area contributed by atoms with Crippen molar-refractivity contribution in [1.82, 2.24) is 0 Å². The summed E-state index contributed by atoms with van der Waals surface area (Å²) in [5.74, 6) is 1.66. The quantitative estimate of drug-likeness (QED) is 0.693. The highest BCUT2D eigenvalue weighted by Crippen LogP contribution is 2.49. The predicted octanol–water partition coefficient (Wildman–Crippen LogP) is 4.13. The molecular formula is C12H13Br. The molecule has 68 valence electrons. The Balaban J connectivity index is 2.03. The summed E-state index contributed by atoms with van der Waals surface area (Å²) in [5, 5.41) is 0. The second-order valence-corrected chi connectivity index (χ2v) is 4.59. The van der Waals surface area contributed by atoms with Crippen LogP contribution >= 0.6 is 15.9 Å². The van der Waals surface area contributed by atoms with Gasteiger partial charge in [-0.3, -0.25) is 0 Å². The van der Waals surface area contributed by atoms with E-state index in [1.807, 2.05) is 6.08 Å². The molecule has 1 aromatic carbocycles. The van der Waals surface area contributed by atoms with Gasteiger partial charge in [-0.1, -0.05) is 34.1 Å². The number of benzene rings is 1. The first-order chi connectivity index (χ1) is 6.31. The van der Waals surface area contributed by atoms with Gasteiger partial charge in [-0.15, -0.1) is 6.58 Å². The molecule has 2 atom stereocenters. The number of allylic oxidation sites excluding steroid dienone is 1. The molecule has 0 N–H and O–H groups in total. The van der Waals surface area contributed by atoms with E-state index in [1.54, 1.807) is 0 Å². The van der Waals surface area contributed by atoms with Gasteiger partial charge in [0.1, 0.15) is 0 Å². The van der Waals surface area contributed by atoms with Gasteiger partial charge in [0.15, 0.2) is 0 Å². The summed E-state index contributed by atoms with van der Waals surface area (Å²) in [7, 11) is 0. The first kappa shape index (κ1) is 9.01. The summed E-state index contributed by atoms with van der Waals surface area (Å²) < 4.78 is 1.16. The largest absolute Gasteiger partial charge is 0.103 e. The van der Waals surface area contributed by atoms with Crippen LogP contribution in [0.4, 0.5) is 0 Å². The minimum atomic E-state index is 0.797. The fraction of sp³-hybridized carbons (Fsp3) is 0.333. The Morgan fingerprint density at radius 3 is 2.69 bits per heavy atom. The maximum Gasteiger partial charge on any atom is 0.0175 e. The maximum atomic E-state index is 3.78. The van der Waals surface area contributed by atoms with Crippen LogP contribution < -0.4 is 0 Å². The summed E-state index contributed by atoms with van der Waals surface area (Å²) >= 11 is 3.44. The van der Waals surface area contributed by atoms with Gasteiger partial charge in [0.05, 0.1) is 0 Å². The van der Waals surface area contributed by atoms with E-state index in [2.05, 4.69) is 46.8 Å². The summed E-state index contributed by atoms with van der Waals surface area (Å²) in [6, 6.07) is 8.69. The van der Waals surface area contributed by atoms with E-state index >= 15 is 0 Å². The molecule has 1 saturated carbocycles. The predicted molar refractivity (Wildman–Crippen MR) is 59.8 cm³/mol. The molecule has 0 aliphatic heterocycles. The maximum absolute atomic E-state index is 3.78. The van der Waals surface area contributed by atoms with Crippen LogP contribution in [0.25, 0.3) is 0 Å². The minimum Gasteiger partial charge on any atom is -0.103 e. The number of hydrogen-bond acceptors (Lipinski definition) is 0. The third kappa shape index (κ3) is 2.02. The highest BCUT2D eigenvalue weighted by Gasteiger charge is 2.36. The first-order valence-corrected chi connectivity index (χ1v) is 5.47. The van der Waals surface area contributed by atoms with Crippen molar-refractivity contribution in [3.8, 4) is 0 Å². The van der Waals surface area contributed by atoms with Gasteiger partial charge in [-0.05, 0) is 42.4 Å². The van der Waals surface area contributed by atoms with Crippen molar-refractivity contribution in [2.75, 3.05) is 0 Å². The van der Waals surface area contributed by atoms with Crippen LogP contribution in [0.3, 0.4) is 0 Å². The van der Waals surface area contributed by atoms with Crippen LogP contribution in [0.15, 0.2) is 41.4 Å². The summed E-state index contributed by atoms with van der Waals surface area (Å²) in [6.45, 7) is 3.78. The Bertz CT molecular complexity index is 299. The number of rotatable bonds is 3. The average Bonchev–Trinajstić information content (AvgIpc) is 2.86. The fourth-order valence-electron chi connectivity index (χ4n) is 1.84. The van der Waals surface area contributed by atoms with Crippen molar-refractivity contribution in [2.24, 2.45) is 5.92 Å². The SMILES string of the molecule is C=CCC1CC1c1ccc(Br)cc1. The Kier molecular flexibility index (Phi) is 2.54. The Hall–Kier alpha value is -0.560. The zero-order valence-electron chi connectivity index (χ0n) is 7.54. The van der Waals surface area contributed by atoms with Crippen LogP contribution in [0.5, 0.6) is 0 Å². The summed E-state index contributed by atoms with van der Waals surface area (Å²) in [5.41, 5.74) is 1.48. The molecule has 1 aliphatic rings. The molecule has 0 heterocycles. The summed E-state index contributed by atoms with van der Waals surface area (Å²) in [6.07, 6.45) is 4.54. The van der Waals surface area contributed by atoms with Gasteiger partial charge >= 0.3 is 0 Å². The lowest BCUT2D eigenvalue weighted by atomic mass is 10.1. The normalized spacial score (nSPS) is 25.6. The lowest BCUT2D eigenvalue weighted by Gasteiger charge is -1.98. The van der Waals surface area contributed by atoms with Crippen molar-refractivity contribution >= 4 is 15.9 Å². The van der Waals surface area contributed by atoms with Gasteiger partial charge in [0, 0.05) is 4.47 Å². The first-order valence-electron chi connectivity index (χ1n) is 4.67. The lowest BCUT2D eigenvalue weighted by Crippen LogP contribution is -1.81. The van der Waals surface area contributed by atoms with E-state index in [0.717, 1.165) is 16.3 Å². The molecule has 0 spiro atoms. The van der Waals surface area contributed by atoms with Crippen LogP contribution in [-0.2, 0) is 0 Å². The monoisotopic (exact) mass is 236 g/mol. The highest BCUT2D eigenvalue weighted by atomic mass is 79.9. The van der Waals surface area contributed by atoms with Crippen LogP contribution in [0.1, 0.15) is 24.3 Å². The third-order valence-electron chi connectivity index (χ3n) is 2.69. The Morgan fingerprint density at radius 1 is 1.38 bits per heavy atom. The molecule has 2 rings (SSSR count). The molecule has 1 fully saturated rings. The highest BCUT2D eigenvalue weighted by molar-refractivity contribution is 9.10. The number of hydrogen-bond donors (Lipinski definition) is 0. The average molecular weight is 237 g/mol. The molecule has 0 bridgehead atoms. The van der Waals surface area contributed by atoms with Crippen LogP contribution in [0.2, 0.25) is 0 Å². The Labute approximate surface area is 87.8 Å². The van der Waals surface area contributed by atoms with Gasteiger partial charge in [-0.2, -0.15) is 0 Å². The van der Waals surface area contributed by atoms with Gasteiger partial charge in [0.2, 0.25) is 0 Å². The van der Waals surface area contributed by atoms with Gasteiger partial charge in [-0.25, -0.2) is 0 Å². The minimum absolute atomic E-state index is 0.797. The van der Waals surface area contributed by atoms with E-state index in [0.29, 0.717) is 0 Å². The van der Waals surface area contributed by atoms with Gasteiger partial charge in [0.25, 0.3) is 0 Å². The van der Waals surface area contributed by atoms with Gasteiger partial charge < -0.3 is 0 Å². The molecule has 0 amide bonds. The smallest absolute Gasteiger partial charge is 0.0175 e. The molecular weight excluding hydrogens is 224 g/mol. The van der Waals surface area contributed by atoms with Crippen molar-refractivity contribution < 1.29 is 0 Å². The lowest BCUT2D eigenvalue weighted by molar-refractivity contribution is 0.821. The van der Waals surface area contributed by atoms with Crippen molar-refractivity contribution in [3.05, 3.63) is 47.0 Å². The topological polar surface area (TPSA) is 0 Å². The molecule has 0 nitrogen and oxygen atoms in total. The second kappa shape index (κ2) is 3.67. The molecule has 0 aromatic heterocycles. The summed E-state index contributed by atoms with van der Waals surface area (Å²) in [4.78, 5) is 0. The number of halogens is 1. The molecule has 0 saturated heterocycles. The molecule has 13 heavy (non-hydrogen) atoms. The Morgan fingerprint density at radius 2 is 2.08 bits per heavy atom. The third-order valence-corrected chi connectivity index (χ3v) is 3.22. The molecule has 0 radical (unpaired) electrons. The zero-order chi connectivity index (χ0) is 9.26. The van der Waals surface area contributed by atoms with Crippen LogP contribution in [-0.4, -0.2) is 0 Å². The molecule has 2 unspecified atom stereocenters. The zero-order valence-corrected chi connectivity index (χ0v) is 9.13. The molecule has 1 aliphatic carbocycles. The van der Waals surface area contributed by atoms with Crippen molar-refractivity contribution in [1.29, 1.82) is 0 Å².